The third kappa shape index (κ3) is 5.85. The van der Waals surface area contributed by atoms with Gasteiger partial charge in [-0.25, -0.2) is 19.3 Å². The van der Waals surface area contributed by atoms with Crippen LogP contribution < -0.4 is 10.6 Å². The van der Waals surface area contributed by atoms with E-state index in [4.69, 9.17) is 14.5 Å². The van der Waals surface area contributed by atoms with Gasteiger partial charge in [0.25, 0.3) is 0 Å². The number of anilines is 1. The van der Waals surface area contributed by atoms with Crippen molar-refractivity contribution >= 4 is 11.9 Å². The number of halogens is 1. The largest absolute Gasteiger partial charge is 0.355 e. The predicted octanol–water partition coefficient (Wildman–Crippen LogP) is 4.26. The molecule has 3 aromatic heterocycles. The molecular formula is C29H30FN7O3. The van der Waals surface area contributed by atoms with E-state index in [0.717, 1.165) is 18.5 Å². The summed E-state index contributed by atoms with van der Waals surface area (Å²) in [7, 11) is 0. The van der Waals surface area contributed by atoms with Crippen LogP contribution >= 0.6 is 0 Å². The van der Waals surface area contributed by atoms with Gasteiger partial charge >= 0.3 is 0 Å². The first-order valence-corrected chi connectivity index (χ1v) is 13.3. The van der Waals surface area contributed by atoms with Crippen LogP contribution in [-0.4, -0.2) is 50.6 Å². The Kier molecular flexibility index (Phi) is 7.23. The molecule has 1 saturated carbocycles. The Balaban J connectivity index is 1.23. The molecule has 2 aliphatic rings. The van der Waals surface area contributed by atoms with Gasteiger partial charge < -0.3 is 25.1 Å². The summed E-state index contributed by atoms with van der Waals surface area (Å²) in [5.41, 5.74) is 2.51. The minimum absolute atomic E-state index is 0.0725. The minimum atomic E-state index is -0.805. The molecule has 0 bridgehead atoms. The van der Waals surface area contributed by atoms with Crippen molar-refractivity contribution in [1.29, 1.82) is 0 Å². The van der Waals surface area contributed by atoms with E-state index in [1.807, 2.05) is 25.1 Å². The lowest BCUT2D eigenvalue weighted by atomic mass is 9.91. The third-order valence-electron chi connectivity index (χ3n) is 7.03. The summed E-state index contributed by atoms with van der Waals surface area (Å²) in [6, 6.07) is 13.5. The molecule has 1 aliphatic heterocycles. The maximum atomic E-state index is 13.7. The number of nitrogens with one attached hydrogen (secondary N) is 3. The maximum absolute atomic E-state index is 13.7. The summed E-state index contributed by atoms with van der Waals surface area (Å²) in [5, 5.41) is 6.21. The van der Waals surface area contributed by atoms with E-state index in [0.29, 0.717) is 53.4 Å². The molecular weight excluding hydrogens is 513 g/mol. The summed E-state index contributed by atoms with van der Waals surface area (Å²) in [4.78, 5) is 34.2. The van der Waals surface area contributed by atoms with Gasteiger partial charge in [-0.15, -0.1) is 0 Å². The van der Waals surface area contributed by atoms with Crippen molar-refractivity contribution in [2.24, 2.45) is 11.3 Å². The molecule has 6 rings (SSSR count). The zero-order valence-corrected chi connectivity index (χ0v) is 22.1. The second-order valence-corrected chi connectivity index (χ2v) is 10.5. The number of hydrogen-bond acceptors (Lipinski definition) is 8. The van der Waals surface area contributed by atoms with Gasteiger partial charge in [-0.2, -0.15) is 0 Å². The SMILES string of the molecule is CC1(C(=O)NCC2CC2)COC(c2nc(-c3ccc(F)cc3)c(-c3ccnc(NCc4ccccn4)n3)[nH]2)OC1. The van der Waals surface area contributed by atoms with Crippen LogP contribution in [0.5, 0.6) is 0 Å². The molecule has 40 heavy (non-hydrogen) atoms. The second kappa shape index (κ2) is 11.1. The summed E-state index contributed by atoms with van der Waals surface area (Å²) >= 11 is 0. The number of carbonyl (C=O) groups excluding carboxylic acids is 1. The lowest BCUT2D eigenvalue weighted by molar-refractivity contribution is -0.231. The van der Waals surface area contributed by atoms with Gasteiger partial charge in [0.2, 0.25) is 18.1 Å². The normalized spacial score (nSPS) is 20.7. The van der Waals surface area contributed by atoms with Gasteiger partial charge in [-0.1, -0.05) is 6.07 Å². The highest BCUT2D eigenvalue weighted by molar-refractivity contribution is 5.82. The smallest absolute Gasteiger partial charge is 0.230 e. The van der Waals surface area contributed by atoms with E-state index in [9.17, 15) is 9.18 Å². The molecule has 10 nitrogen and oxygen atoms in total. The molecule has 0 unspecified atom stereocenters. The fourth-order valence-electron chi connectivity index (χ4n) is 4.43. The van der Waals surface area contributed by atoms with Crippen LogP contribution in [0.25, 0.3) is 22.6 Å². The van der Waals surface area contributed by atoms with Crippen LogP contribution in [0.4, 0.5) is 10.3 Å². The zero-order chi connectivity index (χ0) is 27.5. The number of hydrogen-bond donors (Lipinski definition) is 3. The van der Waals surface area contributed by atoms with Gasteiger partial charge in [0.1, 0.15) is 5.82 Å². The quantitative estimate of drug-likeness (QED) is 0.286. The molecule has 0 radical (unpaired) electrons. The Labute approximate surface area is 230 Å². The molecule has 3 N–H and O–H groups in total. The fraction of sp³-hybridized carbons (Fsp3) is 0.345. The van der Waals surface area contributed by atoms with Crippen LogP contribution in [0.2, 0.25) is 0 Å². The summed E-state index contributed by atoms with van der Waals surface area (Å²) in [5.74, 6) is 1.02. The van der Waals surface area contributed by atoms with Crippen molar-refractivity contribution in [3.8, 4) is 22.6 Å². The average Bonchev–Trinajstić information content (AvgIpc) is 3.72. The first-order valence-electron chi connectivity index (χ1n) is 13.3. The number of aromatic amines is 1. The number of imidazole rings is 1. The Morgan fingerprint density at radius 1 is 1.05 bits per heavy atom. The highest BCUT2D eigenvalue weighted by Gasteiger charge is 2.41. The molecule has 4 heterocycles. The number of rotatable bonds is 9. The van der Waals surface area contributed by atoms with E-state index >= 15 is 0 Å². The zero-order valence-electron chi connectivity index (χ0n) is 22.1. The predicted molar refractivity (Wildman–Crippen MR) is 145 cm³/mol. The van der Waals surface area contributed by atoms with E-state index in [1.165, 1.54) is 12.1 Å². The number of H-pyrrole nitrogens is 1. The number of carbonyl (C=O) groups is 1. The van der Waals surface area contributed by atoms with Crippen molar-refractivity contribution in [3.05, 3.63) is 78.3 Å². The Morgan fingerprint density at radius 2 is 1.85 bits per heavy atom. The van der Waals surface area contributed by atoms with Crippen LogP contribution in [0.15, 0.2) is 60.9 Å². The average molecular weight is 544 g/mol. The number of benzene rings is 1. The van der Waals surface area contributed by atoms with Crippen LogP contribution in [0.1, 0.15) is 37.6 Å². The van der Waals surface area contributed by atoms with Crippen molar-refractivity contribution in [1.82, 2.24) is 30.2 Å². The number of ether oxygens (including phenoxy) is 2. The van der Waals surface area contributed by atoms with Crippen molar-refractivity contribution < 1.29 is 18.7 Å². The number of aromatic nitrogens is 5. The molecule has 0 spiro atoms. The summed E-state index contributed by atoms with van der Waals surface area (Å²) in [6.07, 6.45) is 4.90. The van der Waals surface area contributed by atoms with E-state index < -0.39 is 11.7 Å². The Bertz CT molecular complexity index is 1470. The van der Waals surface area contributed by atoms with Crippen molar-refractivity contribution in [3.63, 3.8) is 0 Å². The summed E-state index contributed by atoms with van der Waals surface area (Å²) < 4.78 is 25.7. The Morgan fingerprint density at radius 3 is 2.58 bits per heavy atom. The topological polar surface area (TPSA) is 127 Å². The van der Waals surface area contributed by atoms with Crippen LogP contribution in [0.3, 0.4) is 0 Å². The first kappa shape index (κ1) is 26.0. The molecule has 2 fully saturated rings. The van der Waals surface area contributed by atoms with Crippen molar-refractivity contribution in [2.45, 2.75) is 32.6 Å². The molecule has 0 atom stereocenters. The highest BCUT2D eigenvalue weighted by atomic mass is 19.1. The van der Waals surface area contributed by atoms with Gasteiger partial charge in [0.05, 0.1) is 47.9 Å². The highest BCUT2D eigenvalue weighted by Crippen LogP contribution is 2.36. The molecule has 11 heteroatoms. The second-order valence-electron chi connectivity index (χ2n) is 10.5. The van der Waals surface area contributed by atoms with E-state index in [-0.39, 0.29) is 24.9 Å². The van der Waals surface area contributed by atoms with E-state index in [1.54, 1.807) is 30.6 Å². The lowest BCUT2D eigenvalue weighted by Gasteiger charge is -2.35. The van der Waals surface area contributed by atoms with E-state index in [2.05, 4.69) is 30.6 Å². The standard InChI is InChI=1S/C29H30FN7O3/c1-29(27(38)33-14-18-5-6-18)16-39-26(40-17-29)25-36-23(19-7-9-20(30)10-8-19)24(37-25)22-11-13-32-28(35-22)34-15-21-4-2-3-12-31-21/h2-4,7-13,18,26H,5-6,14-17H2,1H3,(H,33,38)(H,36,37)(H,32,34,35). The van der Waals surface area contributed by atoms with Crippen LogP contribution in [0, 0.1) is 17.2 Å². The lowest BCUT2D eigenvalue weighted by Crippen LogP contribution is -2.49. The van der Waals surface area contributed by atoms with Crippen molar-refractivity contribution in [2.75, 3.05) is 25.1 Å². The molecule has 1 aliphatic carbocycles. The number of pyridine rings is 1. The molecule has 1 saturated heterocycles. The third-order valence-corrected chi connectivity index (χ3v) is 7.03. The van der Waals surface area contributed by atoms with Gasteiger partial charge in [-0.3, -0.25) is 9.78 Å². The van der Waals surface area contributed by atoms with Gasteiger partial charge in [0.15, 0.2) is 5.82 Å². The molecule has 1 aromatic carbocycles. The minimum Gasteiger partial charge on any atom is -0.355 e. The monoisotopic (exact) mass is 543 g/mol. The molecule has 4 aromatic rings. The van der Waals surface area contributed by atoms with Gasteiger partial charge in [0, 0.05) is 24.5 Å². The van der Waals surface area contributed by atoms with Crippen LogP contribution in [-0.2, 0) is 20.8 Å². The molecule has 206 valence electrons. The summed E-state index contributed by atoms with van der Waals surface area (Å²) in [6.45, 7) is 3.36. The molecule has 1 amide bonds. The Hall–Kier alpha value is -4.22. The first-order chi connectivity index (χ1) is 19.5. The fourth-order valence-corrected chi connectivity index (χ4v) is 4.43. The van der Waals surface area contributed by atoms with Gasteiger partial charge in [-0.05, 0) is 68.1 Å². The number of amides is 1. The maximum Gasteiger partial charge on any atom is 0.230 e. The number of nitrogens with zero attached hydrogens (tertiary/aromatic N) is 4.